The minimum absolute atomic E-state index is 0.0135. The van der Waals surface area contributed by atoms with Gasteiger partial charge in [-0.25, -0.2) is 27.4 Å². The number of sulfone groups is 1. The van der Waals surface area contributed by atoms with E-state index in [0.717, 1.165) is 44.9 Å². The summed E-state index contributed by atoms with van der Waals surface area (Å²) in [6, 6.07) is 6.11. The molecule has 0 spiro atoms. The number of nitrogens with one attached hydrogen (secondary N) is 2. The van der Waals surface area contributed by atoms with Crippen LogP contribution in [0.2, 0.25) is 0 Å². The van der Waals surface area contributed by atoms with Gasteiger partial charge in [-0.15, -0.1) is 0 Å². The second kappa shape index (κ2) is 25.6. The molecule has 1 unspecified atom stereocenters. The Morgan fingerprint density at radius 1 is 0.965 bits per heavy atom. The van der Waals surface area contributed by atoms with Crippen molar-refractivity contribution in [1.29, 1.82) is 0 Å². The number of ether oxygens (including phenoxy) is 3. The number of imide groups is 1. The third-order valence-electron chi connectivity index (χ3n) is 16.5. The van der Waals surface area contributed by atoms with Gasteiger partial charge < -0.3 is 29.7 Å². The van der Waals surface area contributed by atoms with Gasteiger partial charge in [0.05, 0.1) is 52.3 Å². The van der Waals surface area contributed by atoms with Crippen LogP contribution >= 0.6 is 0 Å². The molecule has 0 bridgehead atoms. The third kappa shape index (κ3) is 14.1. The van der Waals surface area contributed by atoms with Crippen molar-refractivity contribution < 1.29 is 83.1 Å². The maximum atomic E-state index is 15.5. The molecule has 23 nitrogen and oxygen atoms in total. The molecule has 85 heavy (non-hydrogen) atoms. The smallest absolute Gasteiger partial charge is 0.411 e. The molecule has 3 aromatic rings. The van der Waals surface area contributed by atoms with Crippen LogP contribution in [-0.4, -0.2) is 151 Å². The zero-order valence-electron chi connectivity index (χ0n) is 48.3. The molecule has 26 heteroatoms. The van der Waals surface area contributed by atoms with Crippen LogP contribution in [0.4, 0.5) is 9.18 Å². The second-order valence-electron chi connectivity index (χ2n) is 22.8. The van der Waals surface area contributed by atoms with Crippen LogP contribution in [0.5, 0.6) is 0 Å². The average molecular weight is 1220 g/mol. The van der Waals surface area contributed by atoms with E-state index in [-0.39, 0.29) is 51.9 Å². The number of aromatic nitrogens is 1. The van der Waals surface area contributed by atoms with Gasteiger partial charge in [-0.3, -0.25) is 47.9 Å². The summed E-state index contributed by atoms with van der Waals surface area (Å²) in [5.74, 6) is -7.40. The number of carbonyl (C=O) groups excluding carboxylic acids is 9. The van der Waals surface area contributed by atoms with Crippen LogP contribution in [0.25, 0.3) is 16.6 Å². The number of halogens is 1. The fraction of sp³-hybridized carbons (Fsp3) is 0.492. The van der Waals surface area contributed by atoms with Crippen molar-refractivity contribution >= 4 is 89.8 Å². The summed E-state index contributed by atoms with van der Waals surface area (Å²) in [6.07, 6.45) is 4.43. The Hall–Kier alpha value is -7.55. The third-order valence-corrected chi connectivity index (χ3v) is 18.7. The van der Waals surface area contributed by atoms with Gasteiger partial charge in [-0.05, 0) is 105 Å². The predicted molar refractivity (Wildman–Crippen MR) is 304 cm³/mol. The zero-order chi connectivity index (χ0) is 62.0. The number of fused-ring (bicyclic) bond motifs is 4. The summed E-state index contributed by atoms with van der Waals surface area (Å²) in [7, 11) is -8.48. The van der Waals surface area contributed by atoms with Gasteiger partial charge in [0.25, 0.3) is 21.9 Å². The van der Waals surface area contributed by atoms with Gasteiger partial charge in [0.2, 0.25) is 11.8 Å². The number of amides is 5. The van der Waals surface area contributed by atoms with Crippen LogP contribution < -0.4 is 10.6 Å². The Kier molecular flexibility index (Phi) is 19.1. The summed E-state index contributed by atoms with van der Waals surface area (Å²) >= 11 is 0. The van der Waals surface area contributed by atoms with Crippen molar-refractivity contribution in [3.05, 3.63) is 105 Å². The van der Waals surface area contributed by atoms with E-state index >= 15 is 4.39 Å². The monoisotopic (exact) mass is 1220 g/mol. The number of hydrogen-bond donors (Lipinski definition) is 3. The molecule has 5 aliphatic rings. The topological polar surface area (TPSA) is 316 Å². The van der Waals surface area contributed by atoms with E-state index in [2.05, 4.69) is 10.6 Å². The Bertz CT molecular complexity index is 3600. The molecule has 456 valence electrons. The largest absolute Gasteiger partial charge is 0.444 e. The number of allylic oxidation sites excluding steroid dienone is 1. The molecule has 0 fully saturated rings. The van der Waals surface area contributed by atoms with Crippen molar-refractivity contribution in [1.82, 2.24) is 30.3 Å². The minimum Gasteiger partial charge on any atom is -0.444 e. The molecule has 8 rings (SSSR count). The fourth-order valence-electron chi connectivity index (χ4n) is 11.3. The minimum atomic E-state index is -4.89. The molecule has 4 aliphatic heterocycles. The highest BCUT2D eigenvalue weighted by Gasteiger charge is 2.49. The molecule has 5 amide bonds. The number of esters is 2. The predicted octanol–water partition coefficient (Wildman–Crippen LogP) is 4.61. The molecule has 3 N–H and O–H groups in total. The van der Waals surface area contributed by atoms with E-state index in [1.807, 2.05) is 11.8 Å². The van der Waals surface area contributed by atoms with Crippen molar-refractivity contribution in [2.45, 2.75) is 123 Å². The first-order valence-electron chi connectivity index (χ1n) is 28.0. The first-order valence-corrected chi connectivity index (χ1v) is 31.6. The molecule has 0 saturated heterocycles. The van der Waals surface area contributed by atoms with Gasteiger partial charge in [0, 0.05) is 73.8 Å². The first kappa shape index (κ1) is 63.5. The molecule has 2 aromatic carbocycles. The van der Waals surface area contributed by atoms with Crippen molar-refractivity contribution in [2.75, 3.05) is 45.0 Å². The highest BCUT2D eigenvalue weighted by Crippen LogP contribution is 2.50. The van der Waals surface area contributed by atoms with Crippen LogP contribution in [-0.2, 0) is 98.5 Å². The van der Waals surface area contributed by atoms with E-state index in [1.165, 1.54) is 13.0 Å². The van der Waals surface area contributed by atoms with Crippen LogP contribution in [0.3, 0.4) is 0 Å². The van der Waals surface area contributed by atoms with E-state index in [1.54, 1.807) is 58.0 Å². The SMILES string of the molecule is CC[C@@]1(C)C(=O)OC(=O)C2=C1C=C1c3nc4cc(F)c(C)c5c4c(c3CN1C2)[C@@H](NC(=O)COCN(CCS(C)(=O)=O)C(=O)OCc1ccc(CC(=O)[C@H](C)NC(=O)[C@@H](CC(=O)C(CCCCN2C(=O)C=CC2=O)S(=O)(=O)O)C(C)C)cc1)CC5. The van der Waals surface area contributed by atoms with Crippen LogP contribution in [0.1, 0.15) is 118 Å². The average Bonchev–Trinajstić information content (AvgIpc) is 1.97. The molecule has 0 saturated carbocycles. The van der Waals surface area contributed by atoms with Crippen molar-refractivity contribution in [3.63, 3.8) is 0 Å². The number of ketones is 2. The van der Waals surface area contributed by atoms with Gasteiger partial charge in [-0.2, -0.15) is 8.42 Å². The quantitative estimate of drug-likeness (QED) is 0.0247. The molecule has 5 atom stereocenters. The summed E-state index contributed by atoms with van der Waals surface area (Å²) in [4.78, 5) is 126. The number of cyclic esters (lactones) is 2. The van der Waals surface area contributed by atoms with Gasteiger partial charge >= 0.3 is 18.0 Å². The lowest BCUT2D eigenvalue weighted by Crippen LogP contribution is -2.45. The number of hydrogen-bond acceptors (Lipinski definition) is 18. The fourth-order valence-corrected chi connectivity index (χ4v) is 12.8. The molecule has 5 heterocycles. The normalized spacial score (nSPS) is 19.3. The maximum Gasteiger partial charge on any atom is 0.411 e. The summed E-state index contributed by atoms with van der Waals surface area (Å²) < 4.78 is 90.9. The lowest BCUT2D eigenvalue weighted by atomic mass is 9.74. The molecule has 1 aromatic heterocycles. The first-order chi connectivity index (χ1) is 40.0. The summed E-state index contributed by atoms with van der Waals surface area (Å²) in [5, 5.41) is 4.52. The number of aryl methyl sites for hydroxylation is 1. The van der Waals surface area contributed by atoms with Gasteiger partial charge in [0.15, 0.2) is 11.6 Å². The second-order valence-corrected chi connectivity index (χ2v) is 26.7. The Morgan fingerprint density at radius 3 is 2.29 bits per heavy atom. The molecular formula is C59H69FN6O17S2. The number of pyridine rings is 1. The molecule has 0 radical (unpaired) electrons. The van der Waals surface area contributed by atoms with Crippen LogP contribution in [0, 0.1) is 30.0 Å². The summed E-state index contributed by atoms with van der Waals surface area (Å²) in [6.45, 7) is 8.69. The lowest BCUT2D eigenvalue weighted by molar-refractivity contribution is -0.165. The van der Waals surface area contributed by atoms with E-state index in [9.17, 15) is 64.5 Å². The van der Waals surface area contributed by atoms with E-state index in [0.29, 0.717) is 75.9 Å². The number of rotatable bonds is 26. The van der Waals surface area contributed by atoms with Gasteiger partial charge in [-0.1, -0.05) is 45.0 Å². The number of benzene rings is 2. The highest BCUT2D eigenvalue weighted by atomic mass is 32.2. The van der Waals surface area contributed by atoms with Gasteiger partial charge in [0.1, 0.15) is 40.8 Å². The standard InChI is InChI=1S/C59H69FN6O17S2/c1-8-59(6)41-25-45-54-40(28-65(45)27-39(41)56(73)83-57(59)74)53-43(17-16-37-33(4)42(60)26-44(63-54)52(37)53)62-49(69)30-81-31-64(21-22-84(7,76)77)58(75)82-29-36-14-12-35(13-15-36)23-46(67)34(5)61-55(72)38(32(2)3)24-47(68)48(85(78,79)80)11-9-10-20-66-50(70)18-19-51(66)71/h12-15,18-19,25-26,32,34,38,43,48H,8-11,16-17,20-24,27-31H2,1-7H3,(H,61,72)(H,62,69)(H,78,79,80)/t34-,38-,43-,48?,59+/m0/s1. The highest BCUT2D eigenvalue weighted by molar-refractivity contribution is 7.90. The van der Waals surface area contributed by atoms with E-state index in [4.69, 9.17) is 19.2 Å². The van der Waals surface area contributed by atoms with Crippen molar-refractivity contribution in [3.8, 4) is 0 Å². The lowest BCUT2D eigenvalue weighted by Gasteiger charge is -2.37. The number of Topliss-reactive ketones (excluding diaryl/α,β-unsaturated/α-hetero) is 2. The zero-order valence-corrected chi connectivity index (χ0v) is 49.9. The Balaban J connectivity index is 0.848. The van der Waals surface area contributed by atoms with Crippen LogP contribution in [0.15, 0.2) is 59.7 Å². The Labute approximate surface area is 491 Å². The molecular weight excluding hydrogens is 1150 g/mol. The summed E-state index contributed by atoms with van der Waals surface area (Å²) in [5.41, 5.74) is 5.12. The number of carbonyl (C=O) groups is 9. The maximum absolute atomic E-state index is 15.5. The number of unbranched alkanes of at least 4 members (excludes halogenated alkanes) is 1. The molecule has 1 aliphatic carbocycles. The van der Waals surface area contributed by atoms with E-state index < -0.39 is 139 Å². The number of nitrogens with zero attached hydrogens (tertiary/aromatic N) is 4. The Morgan fingerprint density at radius 2 is 1.65 bits per heavy atom. The van der Waals surface area contributed by atoms with Crippen molar-refractivity contribution in [2.24, 2.45) is 17.3 Å².